The van der Waals surface area contributed by atoms with Gasteiger partial charge in [0.1, 0.15) is 17.2 Å². The Bertz CT molecular complexity index is 1590. The second-order valence-electron chi connectivity index (χ2n) is 10.2. The molecule has 5 aromatic carbocycles. The zero-order chi connectivity index (χ0) is 37.4. The van der Waals surface area contributed by atoms with Crippen molar-refractivity contribution in [3.8, 4) is 34.5 Å². The number of phenolic OH excluding ortho intramolecular Hbond substituents is 1. The number of aliphatic hydroxyl groups excluding tert-OH is 2. The molecule has 3 N–H and O–H groups in total. The van der Waals surface area contributed by atoms with Crippen molar-refractivity contribution in [1.82, 2.24) is 0 Å². The van der Waals surface area contributed by atoms with Crippen molar-refractivity contribution in [2.75, 3.05) is 21.3 Å². The van der Waals surface area contributed by atoms with E-state index in [1.807, 2.05) is 91.0 Å². The Morgan fingerprint density at radius 1 is 0.481 bits per heavy atom. The predicted molar refractivity (Wildman–Crippen MR) is 241 cm³/mol. The maximum atomic E-state index is 9.12. The highest BCUT2D eigenvalue weighted by Crippen LogP contribution is 2.59. The van der Waals surface area contributed by atoms with Gasteiger partial charge in [0.05, 0.1) is 34.5 Å². The van der Waals surface area contributed by atoms with E-state index >= 15 is 0 Å². The molecule has 0 aliphatic heterocycles. The number of aromatic hydroxyl groups is 1. The molecule has 0 heterocycles. The lowest BCUT2D eigenvalue weighted by molar-refractivity contribution is 0.274. The molecule has 0 radical (unpaired) electrons. The van der Waals surface area contributed by atoms with Gasteiger partial charge in [-0.3, -0.25) is 0 Å². The lowest BCUT2D eigenvalue weighted by Crippen LogP contribution is -1.98. The summed E-state index contributed by atoms with van der Waals surface area (Å²) in [5.74, 6) is 3.33. The van der Waals surface area contributed by atoms with E-state index in [1.54, 1.807) is 32.4 Å². The van der Waals surface area contributed by atoms with Crippen molar-refractivity contribution < 1.29 is 39.0 Å². The van der Waals surface area contributed by atoms with Crippen LogP contribution >= 0.6 is 66.4 Å². The van der Waals surface area contributed by atoms with Crippen LogP contribution in [0.1, 0.15) is 50.1 Å². The van der Waals surface area contributed by atoms with Crippen LogP contribution in [0.3, 0.4) is 0 Å². The molecule has 13 heteroatoms. The Balaban J connectivity index is 0. The van der Waals surface area contributed by atoms with Crippen LogP contribution < -0.4 is 23.7 Å². The number of alkyl halides is 1. The van der Waals surface area contributed by atoms with E-state index in [0.29, 0.717) is 30.5 Å². The standard InChI is InChI=1S/C15H15BrO2.C15H16O3.C8H10O3.3CH4.Br3P/c2*1-17-15-9-13(10-16)7-8-14(15)18-11-12-5-3-2-4-6-12;1-11-8-4-6(5-9)2-3-7(8)10;;;;1-4(2)3/h2-9H,10-11H2,1H3;2-9,16H,10-11H2,1H3;2-4,9-10H,5H2,1H3;3*1H4;. The van der Waals surface area contributed by atoms with Crippen molar-refractivity contribution in [2.45, 2.75) is 54.0 Å². The van der Waals surface area contributed by atoms with Crippen molar-refractivity contribution in [3.05, 3.63) is 143 Å². The minimum atomic E-state index is -0.183. The summed E-state index contributed by atoms with van der Waals surface area (Å²) < 4.78 is 26.7. The van der Waals surface area contributed by atoms with E-state index in [-0.39, 0.29) is 45.3 Å². The molecular formula is C41H53Br4O8P. The summed E-state index contributed by atoms with van der Waals surface area (Å²) in [7, 11) is 4.71. The molecule has 5 rings (SSSR count). The summed E-state index contributed by atoms with van der Waals surface area (Å²) in [4.78, 5) is 0. The molecule has 0 aliphatic rings. The summed E-state index contributed by atoms with van der Waals surface area (Å²) >= 11 is 12.9. The Morgan fingerprint density at radius 3 is 1.20 bits per heavy atom. The second-order valence-corrected chi connectivity index (χ2v) is 26.1. The molecule has 298 valence electrons. The van der Waals surface area contributed by atoms with Gasteiger partial charge in [-0.15, -0.1) is 0 Å². The molecular weight excluding hydrogens is 971 g/mol. The summed E-state index contributed by atoms with van der Waals surface area (Å²) in [6.07, 6.45) is 0. The van der Waals surface area contributed by atoms with Crippen molar-refractivity contribution in [3.63, 3.8) is 0 Å². The van der Waals surface area contributed by atoms with Gasteiger partial charge in [-0.05, 0) is 111 Å². The minimum Gasteiger partial charge on any atom is -0.504 e. The van der Waals surface area contributed by atoms with Gasteiger partial charge in [-0.1, -0.05) is 117 Å². The van der Waals surface area contributed by atoms with Crippen molar-refractivity contribution >= 4 is 66.4 Å². The lowest BCUT2D eigenvalue weighted by Gasteiger charge is -2.11. The van der Waals surface area contributed by atoms with E-state index < -0.39 is 0 Å². The van der Waals surface area contributed by atoms with Crippen molar-refractivity contribution in [1.29, 1.82) is 0 Å². The summed E-state index contributed by atoms with van der Waals surface area (Å²) in [5, 5.41) is 27.7. The lowest BCUT2D eigenvalue weighted by atomic mass is 10.2. The van der Waals surface area contributed by atoms with Crippen LogP contribution in [-0.2, 0) is 31.8 Å². The maximum Gasteiger partial charge on any atom is 0.161 e. The van der Waals surface area contributed by atoms with Crippen LogP contribution in [0.2, 0.25) is 0 Å². The fourth-order valence-corrected chi connectivity index (χ4v) is 4.48. The number of phenols is 1. The number of benzene rings is 5. The summed E-state index contributed by atoms with van der Waals surface area (Å²) in [5.41, 5.74) is 4.94. The topological polar surface area (TPSA) is 107 Å². The first-order valence-electron chi connectivity index (χ1n) is 15.3. The number of aliphatic hydroxyl groups is 2. The molecule has 0 amide bonds. The highest BCUT2D eigenvalue weighted by atomic mass is 80.0. The number of hydrogen-bond donors (Lipinski definition) is 3. The van der Waals surface area contributed by atoms with E-state index in [2.05, 4.69) is 62.4 Å². The van der Waals surface area contributed by atoms with Gasteiger partial charge >= 0.3 is 0 Å². The zero-order valence-corrected chi connectivity index (χ0v) is 35.6. The zero-order valence-electron chi connectivity index (χ0n) is 28.3. The number of hydrogen-bond acceptors (Lipinski definition) is 8. The first-order chi connectivity index (χ1) is 24.7. The highest BCUT2D eigenvalue weighted by molar-refractivity contribution is 9.93. The maximum absolute atomic E-state index is 9.12. The van der Waals surface area contributed by atoms with Crippen LogP contribution in [-0.4, -0.2) is 36.6 Å². The Labute approximate surface area is 355 Å². The van der Waals surface area contributed by atoms with Gasteiger partial charge in [-0.25, -0.2) is 0 Å². The van der Waals surface area contributed by atoms with Gasteiger partial charge in [0.2, 0.25) is 0 Å². The van der Waals surface area contributed by atoms with Crippen LogP contribution in [0.15, 0.2) is 115 Å². The molecule has 0 spiro atoms. The minimum absolute atomic E-state index is 0. The SMILES string of the molecule is BrP(Br)Br.C.C.C.COc1cc(CBr)ccc1OCc1ccccc1.COc1cc(CO)ccc1O.COc1cc(CO)ccc1OCc1ccccc1. The Hall–Kier alpha value is -2.83. The molecule has 0 aromatic heterocycles. The third-order valence-electron chi connectivity index (χ3n) is 6.69. The molecule has 0 bridgehead atoms. The van der Waals surface area contributed by atoms with E-state index in [4.69, 9.17) is 39.0 Å². The number of rotatable bonds is 12. The number of methoxy groups -OCH3 is 3. The van der Waals surface area contributed by atoms with Crippen molar-refractivity contribution in [2.24, 2.45) is 0 Å². The number of ether oxygens (including phenoxy) is 5. The largest absolute Gasteiger partial charge is 0.504 e. The van der Waals surface area contributed by atoms with Crippen LogP contribution in [0.5, 0.6) is 34.5 Å². The molecule has 0 saturated carbocycles. The second kappa shape index (κ2) is 31.4. The van der Waals surface area contributed by atoms with Gasteiger partial charge in [0.25, 0.3) is 0 Å². The number of halogens is 4. The van der Waals surface area contributed by atoms with E-state index in [1.165, 1.54) is 18.7 Å². The third-order valence-corrected chi connectivity index (χ3v) is 7.34. The predicted octanol–water partition coefficient (Wildman–Crippen LogP) is 13.1. The molecule has 0 fully saturated rings. The van der Waals surface area contributed by atoms with Gasteiger partial charge < -0.3 is 39.0 Å². The smallest absolute Gasteiger partial charge is 0.161 e. The van der Waals surface area contributed by atoms with E-state index in [9.17, 15) is 0 Å². The average Bonchev–Trinajstić information content (AvgIpc) is 3.17. The molecule has 54 heavy (non-hydrogen) atoms. The molecule has 0 atom stereocenters. The molecule has 8 nitrogen and oxygen atoms in total. The normalized spacial score (nSPS) is 9.37. The fourth-order valence-electron chi connectivity index (χ4n) is 4.13. The third kappa shape index (κ3) is 20.7. The monoisotopic (exact) mass is 1020 g/mol. The first-order valence-corrected chi connectivity index (χ1v) is 23.8. The average molecular weight is 1020 g/mol. The molecule has 0 aliphatic carbocycles. The van der Waals surface area contributed by atoms with Gasteiger partial charge in [-0.2, -0.15) is 0 Å². The summed E-state index contributed by atoms with van der Waals surface area (Å²) in [6, 6.07) is 36.1. The highest BCUT2D eigenvalue weighted by Gasteiger charge is 2.07. The quantitative estimate of drug-likeness (QED) is 0.0838. The Kier molecular flexibility index (Phi) is 31.0. The van der Waals surface area contributed by atoms with E-state index in [0.717, 1.165) is 39.1 Å². The molecule has 0 unspecified atom stereocenters. The van der Waals surface area contributed by atoms with Crippen LogP contribution in [0.4, 0.5) is 0 Å². The first kappa shape index (κ1) is 53.3. The molecule has 5 aromatic rings. The molecule has 0 saturated heterocycles. The van der Waals surface area contributed by atoms with Gasteiger partial charge in [0, 0.05) is 5.33 Å². The van der Waals surface area contributed by atoms with Gasteiger partial charge in [0.15, 0.2) is 34.5 Å². The van der Waals surface area contributed by atoms with Crippen LogP contribution in [0.25, 0.3) is 0 Å². The summed E-state index contributed by atoms with van der Waals surface area (Å²) in [6.45, 7) is 0.993. The Morgan fingerprint density at radius 2 is 0.833 bits per heavy atom. The van der Waals surface area contributed by atoms with Crippen LogP contribution in [0, 0.1) is 0 Å². The fraction of sp³-hybridized carbons (Fsp3) is 0.268.